The zero-order chi connectivity index (χ0) is 22.3. The number of fused-ring (bicyclic) bond motifs is 1. The highest BCUT2D eigenvalue weighted by Crippen LogP contribution is 2.29. The molecule has 7 heteroatoms. The van der Waals surface area contributed by atoms with Crippen molar-refractivity contribution in [2.45, 2.75) is 26.8 Å². The second-order valence-electron chi connectivity index (χ2n) is 7.30. The molecule has 4 aromatic rings. The van der Waals surface area contributed by atoms with E-state index in [1.807, 2.05) is 61.8 Å². The van der Waals surface area contributed by atoms with E-state index in [9.17, 15) is 4.79 Å². The number of hydrogen-bond acceptors (Lipinski definition) is 5. The molecule has 0 aliphatic carbocycles. The number of pyridine rings is 1. The van der Waals surface area contributed by atoms with Crippen LogP contribution in [-0.4, -0.2) is 35.2 Å². The molecule has 0 aliphatic rings. The van der Waals surface area contributed by atoms with Gasteiger partial charge in [-0.2, -0.15) is 0 Å². The molecule has 0 aliphatic heterocycles. The molecule has 6 nitrogen and oxygen atoms in total. The van der Waals surface area contributed by atoms with Gasteiger partial charge in [0.1, 0.15) is 5.69 Å². The summed E-state index contributed by atoms with van der Waals surface area (Å²) in [7, 11) is 0. The van der Waals surface area contributed by atoms with Crippen molar-refractivity contribution in [1.29, 1.82) is 0 Å². The molecular weight excluding hydrogens is 422 g/mol. The summed E-state index contributed by atoms with van der Waals surface area (Å²) in [5, 5.41) is 5.12. The van der Waals surface area contributed by atoms with Gasteiger partial charge in [0.2, 0.25) is 0 Å². The molecule has 0 unspecified atom stereocenters. The van der Waals surface area contributed by atoms with Crippen LogP contribution in [0.25, 0.3) is 10.2 Å². The number of nitrogens with one attached hydrogen (secondary N) is 1. The van der Waals surface area contributed by atoms with Crippen LogP contribution in [0, 0.1) is 0 Å². The number of carbonyl (C=O) groups is 1. The lowest BCUT2D eigenvalue weighted by Crippen LogP contribution is -2.28. The van der Waals surface area contributed by atoms with Crippen LogP contribution < -0.4 is 14.8 Å². The molecule has 0 saturated carbocycles. The van der Waals surface area contributed by atoms with E-state index in [1.54, 1.807) is 17.5 Å². The van der Waals surface area contributed by atoms with Crippen LogP contribution in [0.3, 0.4) is 0 Å². The summed E-state index contributed by atoms with van der Waals surface area (Å²) < 4.78 is 14.5. The predicted molar refractivity (Wildman–Crippen MR) is 128 cm³/mol. The predicted octanol–water partition coefficient (Wildman–Crippen LogP) is 4.92. The van der Waals surface area contributed by atoms with Gasteiger partial charge in [0.05, 0.1) is 23.4 Å². The molecule has 3 heterocycles. The van der Waals surface area contributed by atoms with Gasteiger partial charge in [0, 0.05) is 25.5 Å². The van der Waals surface area contributed by atoms with Crippen molar-refractivity contribution in [3.63, 3.8) is 0 Å². The Labute approximate surface area is 191 Å². The Morgan fingerprint density at radius 1 is 1.06 bits per heavy atom. The third-order valence-corrected chi connectivity index (χ3v) is 5.98. The zero-order valence-electron chi connectivity index (χ0n) is 18.3. The number of benzene rings is 1. The first-order valence-electron chi connectivity index (χ1n) is 10.8. The summed E-state index contributed by atoms with van der Waals surface area (Å²) in [5.74, 6) is 1.41. The van der Waals surface area contributed by atoms with E-state index in [1.165, 1.54) is 0 Å². The quantitative estimate of drug-likeness (QED) is 0.373. The van der Waals surface area contributed by atoms with Gasteiger partial charge in [0.15, 0.2) is 11.5 Å². The van der Waals surface area contributed by atoms with E-state index in [2.05, 4.69) is 20.9 Å². The molecule has 4 rings (SSSR count). The maximum Gasteiger partial charge on any atom is 0.267 e. The summed E-state index contributed by atoms with van der Waals surface area (Å²) in [6.07, 6.45) is 4.29. The summed E-state index contributed by atoms with van der Waals surface area (Å²) in [4.78, 5) is 17.2. The van der Waals surface area contributed by atoms with E-state index < -0.39 is 0 Å². The van der Waals surface area contributed by atoms with Crippen molar-refractivity contribution in [1.82, 2.24) is 14.9 Å². The third-order valence-electron chi connectivity index (χ3n) is 5.13. The minimum absolute atomic E-state index is 0.0757. The third kappa shape index (κ3) is 4.94. The summed E-state index contributed by atoms with van der Waals surface area (Å²) >= 11 is 1.64. The van der Waals surface area contributed by atoms with Crippen molar-refractivity contribution in [3.05, 3.63) is 77.1 Å². The Kier molecular flexibility index (Phi) is 7.07. The van der Waals surface area contributed by atoms with Gasteiger partial charge in [-0.05, 0) is 67.1 Å². The fraction of sp³-hybridized carbons (Fsp3) is 0.280. The Hall–Kier alpha value is -3.32. The largest absolute Gasteiger partial charge is 0.490 e. The number of aromatic nitrogens is 2. The van der Waals surface area contributed by atoms with Crippen LogP contribution in [0.1, 0.15) is 35.5 Å². The number of hydrogen-bond donors (Lipinski definition) is 1. The highest BCUT2D eigenvalue weighted by Gasteiger charge is 2.17. The van der Waals surface area contributed by atoms with Crippen molar-refractivity contribution in [2.24, 2.45) is 0 Å². The number of thiophene rings is 1. The number of rotatable bonds is 10. The molecule has 0 atom stereocenters. The average Bonchev–Trinajstić information content (AvgIpc) is 3.39. The van der Waals surface area contributed by atoms with Gasteiger partial charge in [-0.15, -0.1) is 11.3 Å². The van der Waals surface area contributed by atoms with Crippen LogP contribution >= 0.6 is 11.3 Å². The summed E-state index contributed by atoms with van der Waals surface area (Å²) in [5.41, 5.74) is 3.88. The van der Waals surface area contributed by atoms with Crippen molar-refractivity contribution in [3.8, 4) is 11.5 Å². The number of nitrogens with zero attached hydrogens (tertiary/aromatic N) is 2. The Morgan fingerprint density at radius 2 is 1.91 bits per heavy atom. The molecule has 3 aromatic heterocycles. The van der Waals surface area contributed by atoms with Crippen LogP contribution in [0.4, 0.5) is 0 Å². The minimum atomic E-state index is -0.0757. The first-order chi connectivity index (χ1) is 15.7. The van der Waals surface area contributed by atoms with Gasteiger partial charge >= 0.3 is 0 Å². The molecular formula is C25H27N3O3S. The number of amides is 1. The molecule has 0 spiro atoms. The molecule has 0 fully saturated rings. The van der Waals surface area contributed by atoms with E-state index >= 15 is 0 Å². The number of ether oxygens (including phenoxy) is 2. The van der Waals surface area contributed by atoms with Crippen LogP contribution in [-0.2, 0) is 13.0 Å². The first kappa shape index (κ1) is 21.9. The van der Waals surface area contributed by atoms with E-state index in [0.29, 0.717) is 38.4 Å². The lowest BCUT2D eigenvalue weighted by Gasteiger charge is -2.13. The average molecular weight is 450 g/mol. The molecule has 1 N–H and O–H groups in total. The Balaban J connectivity index is 1.45. The molecule has 32 heavy (non-hydrogen) atoms. The second-order valence-corrected chi connectivity index (χ2v) is 8.25. The van der Waals surface area contributed by atoms with Crippen molar-refractivity contribution >= 4 is 27.5 Å². The van der Waals surface area contributed by atoms with Gasteiger partial charge in [0.25, 0.3) is 5.91 Å². The fourth-order valence-corrected chi connectivity index (χ4v) is 4.49. The van der Waals surface area contributed by atoms with Gasteiger partial charge in [-0.3, -0.25) is 9.78 Å². The standard InChI is InChI=1S/C25H27N3O3S/c1-3-30-22-8-7-18(14-23(22)31-4-2)9-12-27-25(29)21-15-24-20(10-13-32-24)28(21)17-19-6-5-11-26-16-19/h5-8,10-11,13-16H,3-4,9,12,17H2,1-2H3,(H,27,29). The Morgan fingerprint density at radius 3 is 2.69 bits per heavy atom. The molecule has 0 saturated heterocycles. The lowest BCUT2D eigenvalue weighted by atomic mass is 10.1. The normalized spacial score (nSPS) is 10.9. The summed E-state index contributed by atoms with van der Waals surface area (Å²) in [6.45, 7) is 6.20. The molecule has 166 valence electrons. The van der Waals surface area contributed by atoms with E-state index in [0.717, 1.165) is 32.8 Å². The first-order valence-corrected chi connectivity index (χ1v) is 11.7. The van der Waals surface area contributed by atoms with Gasteiger partial charge in [-0.1, -0.05) is 12.1 Å². The zero-order valence-corrected chi connectivity index (χ0v) is 19.2. The number of carbonyl (C=O) groups excluding carboxylic acids is 1. The smallest absolute Gasteiger partial charge is 0.267 e. The van der Waals surface area contributed by atoms with Crippen molar-refractivity contribution < 1.29 is 14.3 Å². The highest BCUT2D eigenvalue weighted by atomic mass is 32.1. The van der Waals surface area contributed by atoms with Crippen LogP contribution in [0.15, 0.2) is 60.2 Å². The van der Waals surface area contributed by atoms with E-state index in [-0.39, 0.29) is 5.91 Å². The van der Waals surface area contributed by atoms with Crippen LogP contribution in [0.2, 0.25) is 0 Å². The topological polar surface area (TPSA) is 65.4 Å². The van der Waals surface area contributed by atoms with Crippen LogP contribution in [0.5, 0.6) is 11.5 Å². The molecule has 0 radical (unpaired) electrons. The van der Waals surface area contributed by atoms with E-state index in [4.69, 9.17) is 9.47 Å². The maximum absolute atomic E-state index is 13.0. The monoisotopic (exact) mass is 449 g/mol. The molecule has 0 bridgehead atoms. The Bertz CT molecular complexity index is 1180. The summed E-state index contributed by atoms with van der Waals surface area (Å²) in [6, 6.07) is 13.9. The second kappa shape index (κ2) is 10.3. The lowest BCUT2D eigenvalue weighted by molar-refractivity contribution is 0.0945. The van der Waals surface area contributed by atoms with Crippen molar-refractivity contribution in [2.75, 3.05) is 19.8 Å². The maximum atomic E-state index is 13.0. The SMILES string of the molecule is CCOc1ccc(CCNC(=O)c2cc3sccc3n2Cc2cccnc2)cc1OCC. The minimum Gasteiger partial charge on any atom is -0.490 e. The van der Waals surface area contributed by atoms with Gasteiger partial charge in [-0.25, -0.2) is 0 Å². The fourth-order valence-electron chi connectivity index (χ4n) is 3.67. The molecule has 1 aromatic carbocycles. The highest BCUT2D eigenvalue weighted by molar-refractivity contribution is 7.17. The van der Waals surface area contributed by atoms with Gasteiger partial charge < -0.3 is 19.4 Å². The molecule has 1 amide bonds.